The van der Waals surface area contributed by atoms with Gasteiger partial charge in [0.05, 0.1) is 12.1 Å². The lowest BCUT2D eigenvalue weighted by molar-refractivity contribution is -0.136. The van der Waals surface area contributed by atoms with Crippen molar-refractivity contribution in [2.75, 3.05) is 18.0 Å². The van der Waals surface area contributed by atoms with Crippen molar-refractivity contribution < 1.29 is 14.4 Å². The largest absolute Gasteiger partial charge is 0.481 e. The fourth-order valence-electron chi connectivity index (χ4n) is 1.79. The van der Waals surface area contributed by atoms with Gasteiger partial charge in [0.2, 0.25) is 0 Å². The van der Waals surface area contributed by atoms with Crippen LogP contribution < -0.4 is 4.90 Å². The SMILES string of the molecule is CCN(CCC(=O)O)c1ncnc2onc(C)c12. The van der Waals surface area contributed by atoms with Gasteiger partial charge in [-0.05, 0) is 13.8 Å². The molecule has 0 aromatic carbocycles. The molecular weight excluding hydrogens is 236 g/mol. The van der Waals surface area contributed by atoms with Crippen molar-refractivity contribution in [1.29, 1.82) is 0 Å². The van der Waals surface area contributed by atoms with Crippen molar-refractivity contribution in [3.8, 4) is 0 Å². The smallest absolute Gasteiger partial charge is 0.305 e. The zero-order valence-electron chi connectivity index (χ0n) is 10.3. The molecule has 0 amide bonds. The van der Waals surface area contributed by atoms with Crippen LogP contribution in [0.5, 0.6) is 0 Å². The lowest BCUT2D eigenvalue weighted by atomic mass is 10.2. The maximum Gasteiger partial charge on any atom is 0.305 e. The monoisotopic (exact) mass is 250 g/mol. The second-order valence-corrected chi connectivity index (χ2v) is 3.87. The Morgan fingerprint density at radius 2 is 2.28 bits per heavy atom. The van der Waals surface area contributed by atoms with Crippen LogP contribution in [-0.4, -0.2) is 39.3 Å². The van der Waals surface area contributed by atoms with Crippen LogP contribution in [0, 0.1) is 6.92 Å². The van der Waals surface area contributed by atoms with Crippen molar-refractivity contribution in [1.82, 2.24) is 15.1 Å². The minimum Gasteiger partial charge on any atom is -0.481 e. The maximum atomic E-state index is 10.6. The van der Waals surface area contributed by atoms with E-state index in [4.69, 9.17) is 9.63 Å². The van der Waals surface area contributed by atoms with E-state index < -0.39 is 5.97 Å². The summed E-state index contributed by atoms with van der Waals surface area (Å²) < 4.78 is 5.07. The van der Waals surface area contributed by atoms with Crippen LogP contribution in [0.15, 0.2) is 10.9 Å². The average Bonchev–Trinajstić information content (AvgIpc) is 2.72. The predicted molar refractivity (Wildman–Crippen MR) is 64.5 cm³/mol. The normalized spacial score (nSPS) is 10.8. The van der Waals surface area contributed by atoms with Crippen LogP contribution in [0.1, 0.15) is 19.0 Å². The van der Waals surface area contributed by atoms with E-state index in [1.165, 1.54) is 6.33 Å². The number of aromatic nitrogens is 3. The van der Waals surface area contributed by atoms with Crippen LogP contribution in [0.2, 0.25) is 0 Å². The van der Waals surface area contributed by atoms with E-state index in [9.17, 15) is 4.79 Å². The molecule has 0 radical (unpaired) electrons. The molecule has 0 aliphatic carbocycles. The van der Waals surface area contributed by atoms with Gasteiger partial charge in [-0.2, -0.15) is 4.98 Å². The molecule has 2 heterocycles. The van der Waals surface area contributed by atoms with E-state index in [2.05, 4.69) is 15.1 Å². The number of hydrogen-bond donors (Lipinski definition) is 1. The summed E-state index contributed by atoms with van der Waals surface area (Å²) >= 11 is 0. The standard InChI is InChI=1S/C11H14N4O3/c1-3-15(5-4-8(16)17)10-9-7(2)14-18-11(9)13-6-12-10/h6H,3-5H2,1-2H3,(H,16,17). The number of anilines is 1. The molecular formula is C11H14N4O3. The minimum atomic E-state index is -0.833. The van der Waals surface area contributed by atoms with Crippen LogP contribution >= 0.6 is 0 Å². The van der Waals surface area contributed by atoms with Crippen molar-refractivity contribution in [2.24, 2.45) is 0 Å². The predicted octanol–water partition coefficient (Wildman–Crippen LogP) is 1.23. The van der Waals surface area contributed by atoms with Gasteiger partial charge < -0.3 is 14.5 Å². The molecule has 0 fully saturated rings. The molecule has 2 rings (SSSR count). The summed E-state index contributed by atoms with van der Waals surface area (Å²) in [7, 11) is 0. The maximum absolute atomic E-state index is 10.6. The van der Waals surface area contributed by atoms with E-state index in [1.807, 2.05) is 18.7 Å². The summed E-state index contributed by atoms with van der Waals surface area (Å²) in [5, 5.41) is 13.3. The van der Waals surface area contributed by atoms with Crippen LogP contribution in [0.25, 0.3) is 11.1 Å². The number of carboxylic acids is 1. The number of carboxylic acid groups (broad SMARTS) is 1. The molecule has 0 aliphatic rings. The summed E-state index contributed by atoms with van der Waals surface area (Å²) in [5.41, 5.74) is 1.13. The van der Waals surface area contributed by atoms with E-state index >= 15 is 0 Å². The quantitative estimate of drug-likeness (QED) is 0.852. The molecule has 1 N–H and O–H groups in total. The molecule has 2 aromatic heterocycles. The lowest BCUT2D eigenvalue weighted by Gasteiger charge is -2.21. The Kier molecular flexibility index (Phi) is 3.40. The van der Waals surface area contributed by atoms with E-state index in [-0.39, 0.29) is 6.42 Å². The first-order valence-corrected chi connectivity index (χ1v) is 5.67. The van der Waals surface area contributed by atoms with Crippen LogP contribution in [0.4, 0.5) is 5.82 Å². The second kappa shape index (κ2) is 4.99. The molecule has 96 valence electrons. The van der Waals surface area contributed by atoms with Gasteiger partial charge in [-0.1, -0.05) is 5.16 Å². The molecule has 0 atom stereocenters. The second-order valence-electron chi connectivity index (χ2n) is 3.87. The number of hydrogen-bond acceptors (Lipinski definition) is 6. The van der Waals surface area contributed by atoms with Gasteiger partial charge in [0.15, 0.2) is 0 Å². The van der Waals surface area contributed by atoms with Crippen molar-refractivity contribution >= 4 is 22.9 Å². The highest BCUT2D eigenvalue weighted by Crippen LogP contribution is 2.25. The molecule has 0 bridgehead atoms. The highest BCUT2D eigenvalue weighted by Gasteiger charge is 2.17. The number of aryl methyl sites for hydroxylation is 1. The third-order valence-corrected chi connectivity index (χ3v) is 2.70. The number of carbonyl (C=O) groups is 1. The van der Waals surface area contributed by atoms with Crippen LogP contribution in [0.3, 0.4) is 0 Å². The first kappa shape index (κ1) is 12.3. The third-order valence-electron chi connectivity index (χ3n) is 2.70. The molecule has 0 unspecified atom stereocenters. The number of nitrogens with zero attached hydrogens (tertiary/aromatic N) is 4. The molecule has 0 saturated carbocycles. The first-order chi connectivity index (χ1) is 8.63. The van der Waals surface area contributed by atoms with Gasteiger partial charge in [-0.3, -0.25) is 4.79 Å². The van der Waals surface area contributed by atoms with Gasteiger partial charge >= 0.3 is 5.97 Å². The van der Waals surface area contributed by atoms with Crippen molar-refractivity contribution in [2.45, 2.75) is 20.3 Å². The fourth-order valence-corrected chi connectivity index (χ4v) is 1.79. The Labute approximate surface area is 103 Å². The number of rotatable bonds is 5. The minimum absolute atomic E-state index is 0.0592. The summed E-state index contributed by atoms with van der Waals surface area (Å²) in [5.74, 6) is -0.164. The molecule has 18 heavy (non-hydrogen) atoms. The third kappa shape index (κ3) is 2.24. The summed E-state index contributed by atoms with van der Waals surface area (Å²) in [6, 6.07) is 0. The lowest BCUT2D eigenvalue weighted by Crippen LogP contribution is -2.27. The Morgan fingerprint density at radius 3 is 2.94 bits per heavy atom. The zero-order chi connectivity index (χ0) is 13.1. The molecule has 7 heteroatoms. The number of fused-ring (bicyclic) bond motifs is 1. The highest BCUT2D eigenvalue weighted by molar-refractivity contribution is 5.88. The molecule has 7 nitrogen and oxygen atoms in total. The zero-order valence-corrected chi connectivity index (χ0v) is 10.3. The molecule has 0 aliphatic heterocycles. The van der Waals surface area contributed by atoms with Gasteiger partial charge in [0, 0.05) is 13.1 Å². The van der Waals surface area contributed by atoms with Gasteiger partial charge in [-0.15, -0.1) is 0 Å². The van der Waals surface area contributed by atoms with E-state index in [1.54, 1.807) is 0 Å². The summed E-state index contributed by atoms with van der Waals surface area (Å²) in [6.45, 7) is 4.80. The summed E-state index contributed by atoms with van der Waals surface area (Å²) in [6.07, 6.45) is 1.45. The van der Waals surface area contributed by atoms with Crippen LogP contribution in [-0.2, 0) is 4.79 Å². The molecule has 2 aromatic rings. The Hall–Kier alpha value is -2.18. The Bertz CT molecular complexity index is 566. The number of aliphatic carboxylic acids is 1. The van der Waals surface area contributed by atoms with E-state index in [0.717, 1.165) is 5.39 Å². The Morgan fingerprint density at radius 1 is 1.50 bits per heavy atom. The Balaban J connectivity index is 2.38. The summed E-state index contributed by atoms with van der Waals surface area (Å²) in [4.78, 5) is 20.7. The van der Waals surface area contributed by atoms with Gasteiger partial charge in [-0.25, -0.2) is 4.98 Å². The topological polar surface area (TPSA) is 92.4 Å². The van der Waals surface area contributed by atoms with Gasteiger partial charge in [0.25, 0.3) is 5.71 Å². The van der Waals surface area contributed by atoms with Crippen molar-refractivity contribution in [3.05, 3.63) is 12.0 Å². The molecule has 0 spiro atoms. The van der Waals surface area contributed by atoms with Crippen molar-refractivity contribution in [3.63, 3.8) is 0 Å². The highest BCUT2D eigenvalue weighted by atomic mass is 16.5. The first-order valence-electron chi connectivity index (χ1n) is 5.67. The fraction of sp³-hybridized carbons (Fsp3) is 0.455. The van der Waals surface area contributed by atoms with Gasteiger partial charge in [0.1, 0.15) is 17.5 Å². The average molecular weight is 250 g/mol. The van der Waals surface area contributed by atoms with E-state index in [0.29, 0.717) is 30.3 Å². The molecule has 0 saturated heterocycles.